The Morgan fingerprint density at radius 2 is 2.05 bits per heavy atom. The number of benzene rings is 1. The van der Waals surface area contributed by atoms with Gasteiger partial charge in [0.2, 0.25) is 0 Å². The van der Waals surface area contributed by atoms with Gasteiger partial charge in [-0.1, -0.05) is 24.3 Å². The zero-order valence-corrected chi connectivity index (χ0v) is 12.0. The summed E-state index contributed by atoms with van der Waals surface area (Å²) in [5.41, 5.74) is 7.36. The van der Waals surface area contributed by atoms with E-state index >= 15 is 0 Å². The summed E-state index contributed by atoms with van der Waals surface area (Å²) in [5, 5.41) is 16.9. The van der Waals surface area contributed by atoms with Crippen molar-refractivity contribution < 1.29 is 14.6 Å². The van der Waals surface area contributed by atoms with Crippen LogP contribution in [0.2, 0.25) is 0 Å². The zero-order valence-electron chi connectivity index (χ0n) is 12.0. The maximum Gasteiger partial charge on any atom is 0.308 e. The molecule has 4 N–H and O–H groups in total. The van der Waals surface area contributed by atoms with Gasteiger partial charge in [0, 0.05) is 12.0 Å². The van der Waals surface area contributed by atoms with E-state index in [1.807, 2.05) is 24.3 Å². The van der Waals surface area contributed by atoms with Crippen LogP contribution in [0.1, 0.15) is 43.2 Å². The molecule has 1 aliphatic heterocycles. The third kappa shape index (κ3) is 4.86. The third-order valence-corrected chi connectivity index (χ3v) is 3.74. The molecule has 1 aliphatic rings. The quantitative estimate of drug-likeness (QED) is 0.322. The summed E-state index contributed by atoms with van der Waals surface area (Å²) in [7, 11) is 0. The van der Waals surface area contributed by atoms with Crippen molar-refractivity contribution in [1.82, 2.24) is 0 Å². The molecule has 0 bridgehead atoms. The Morgan fingerprint density at radius 1 is 1.33 bits per heavy atom. The van der Waals surface area contributed by atoms with Gasteiger partial charge in [-0.3, -0.25) is 10.2 Å². The smallest absolute Gasteiger partial charge is 0.308 e. The Balaban J connectivity index is 1.69. The van der Waals surface area contributed by atoms with Crippen LogP contribution in [0.15, 0.2) is 24.3 Å². The SMILES string of the molecule is N=C(N)c1ccc(CCCC[C@H]2C[C@H](O)CC(=O)O2)cc1. The van der Waals surface area contributed by atoms with Crippen molar-refractivity contribution in [3.05, 3.63) is 35.4 Å². The third-order valence-electron chi connectivity index (χ3n) is 3.74. The van der Waals surface area contributed by atoms with E-state index in [1.54, 1.807) is 0 Å². The number of unbranched alkanes of at least 4 members (excludes halogenated alkanes) is 1. The second-order valence-corrected chi connectivity index (χ2v) is 5.56. The molecule has 0 aromatic heterocycles. The van der Waals surface area contributed by atoms with Crippen molar-refractivity contribution >= 4 is 11.8 Å². The van der Waals surface area contributed by atoms with Gasteiger partial charge in [0.15, 0.2) is 0 Å². The van der Waals surface area contributed by atoms with E-state index in [4.69, 9.17) is 15.9 Å². The summed E-state index contributed by atoms with van der Waals surface area (Å²) >= 11 is 0. The topological polar surface area (TPSA) is 96.4 Å². The summed E-state index contributed by atoms with van der Waals surface area (Å²) < 4.78 is 5.21. The number of nitrogen functional groups attached to an aromatic ring is 1. The average Bonchev–Trinajstić information content (AvgIpc) is 2.43. The lowest BCUT2D eigenvalue weighted by Crippen LogP contribution is -2.32. The number of aliphatic hydroxyl groups is 1. The van der Waals surface area contributed by atoms with E-state index in [-0.39, 0.29) is 24.3 Å². The number of hydrogen-bond donors (Lipinski definition) is 3. The van der Waals surface area contributed by atoms with Gasteiger partial charge in [-0.25, -0.2) is 0 Å². The minimum absolute atomic E-state index is 0.0826. The fourth-order valence-electron chi connectivity index (χ4n) is 2.59. The number of amidine groups is 1. The highest BCUT2D eigenvalue weighted by Crippen LogP contribution is 2.20. The predicted molar refractivity (Wildman–Crippen MR) is 80.1 cm³/mol. The van der Waals surface area contributed by atoms with Gasteiger partial charge >= 0.3 is 5.97 Å². The number of esters is 1. The first-order chi connectivity index (χ1) is 10.0. The normalized spacial score (nSPS) is 21.9. The molecule has 0 radical (unpaired) electrons. The Labute approximate surface area is 124 Å². The van der Waals surface area contributed by atoms with E-state index < -0.39 is 6.10 Å². The summed E-state index contributed by atoms with van der Waals surface area (Å²) in [6, 6.07) is 7.69. The molecule has 1 aromatic carbocycles. The molecule has 0 unspecified atom stereocenters. The Morgan fingerprint density at radius 3 is 2.67 bits per heavy atom. The molecular weight excluding hydrogens is 268 g/mol. The average molecular weight is 290 g/mol. The number of nitrogens with one attached hydrogen (secondary N) is 1. The van der Waals surface area contributed by atoms with Crippen molar-refractivity contribution in [3.63, 3.8) is 0 Å². The first kappa shape index (κ1) is 15.5. The van der Waals surface area contributed by atoms with E-state index in [1.165, 1.54) is 5.56 Å². The molecule has 2 rings (SSSR count). The van der Waals surface area contributed by atoms with Crippen molar-refractivity contribution in [3.8, 4) is 0 Å². The molecule has 1 fully saturated rings. The summed E-state index contributed by atoms with van der Waals surface area (Å²) in [6.07, 6.45) is 3.70. The Hall–Kier alpha value is -1.88. The van der Waals surface area contributed by atoms with Crippen LogP contribution in [-0.4, -0.2) is 29.1 Å². The number of aliphatic hydroxyl groups excluding tert-OH is 1. The number of cyclic esters (lactones) is 1. The lowest BCUT2D eigenvalue weighted by atomic mass is 9.99. The highest BCUT2D eigenvalue weighted by atomic mass is 16.5. The standard InChI is InChI=1S/C16H22N2O3/c17-16(18)12-7-5-11(6-8-12)3-1-2-4-14-9-13(19)10-15(20)21-14/h5-8,13-14,19H,1-4,9-10H2,(H3,17,18)/t13-,14-/m0/s1. The molecule has 0 saturated carbocycles. The molecule has 114 valence electrons. The van der Waals surface area contributed by atoms with E-state index in [9.17, 15) is 9.90 Å². The first-order valence-electron chi connectivity index (χ1n) is 7.35. The minimum Gasteiger partial charge on any atom is -0.462 e. The summed E-state index contributed by atoms with van der Waals surface area (Å²) in [4.78, 5) is 11.2. The van der Waals surface area contributed by atoms with Crippen LogP contribution in [0, 0.1) is 5.41 Å². The number of carbonyl (C=O) groups is 1. The number of rotatable bonds is 6. The van der Waals surface area contributed by atoms with Gasteiger partial charge in [-0.2, -0.15) is 0 Å². The molecule has 1 aromatic rings. The molecule has 1 saturated heterocycles. The second kappa shape index (κ2) is 7.22. The predicted octanol–water partition coefficient (Wildman–Crippen LogP) is 1.75. The lowest BCUT2D eigenvalue weighted by molar-refractivity contribution is -0.160. The van der Waals surface area contributed by atoms with Crippen LogP contribution in [0.5, 0.6) is 0 Å². The molecule has 0 spiro atoms. The van der Waals surface area contributed by atoms with Crippen molar-refractivity contribution in [2.24, 2.45) is 5.73 Å². The van der Waals surface area contributed by atoms with E-state index in [0.717, 1.165) is 31.2 Å². The number of nitrogens with two attached hydrogens (primary N) is 1. The highest BCUT2D eigenvalue weighted by molar-refractivity contribution is 5.94. The maximum absolute atomic E-state index is 11.2. The van der Waals surface area contributed by atoms with Crippen LogP contribution in [-0.2, 0) is 16.0 Å². The van der Waals surface area contributed by atoms with Crippen LogP contribution >= 0.6 is 0 Å². The van der Waals surface area contributed by atoms with Gasteiger partial charge in [-0.15, -0.1) is 0 Å². The molecule has 0 amide bonds. The van der Waals surface area contributed by atoms with Gasteiger partial charge in [0.25, 0.3) is 0 Å². The van der Waals surface area contributed by atoms with Gasteiger partial charge in [0.1, 0.15) is 11.9 Å². The monoisotopic (exact) mass is 290 g/mol. The molecule has 2 atom stereocenters. The van der Waals surface area contributed by atoms with Crippen LogP contribution in [0.4, 0.5) is 0 Å². The Bertz CT molecular complexity index is 499. The molecule has 1 heterocycles. The molecule has 0 aliphatic carbocycles. The fourth-order valence-corrected chi connectivity index (χ4v) is 2.59. The van der Waals surface area contributed by atoms with Crippen molar-refractivity contribution in [1.29, 1.82) is 5.41 Å². The first-order valence-corrected chi connectivity index (χ1v) is 7.35. The molecule has 5 nitrogen and oxygen atoms in total. The zero-order chi connectivity index (χ0) is 15.2. The second-order valence-electron chi connectivity index (χ2n) is 5.56. The number of ether oxygens (including phenoxy) is 1. The summed E-state index contributed by atoms with van der Waals surface area (Å²) in [5.74, 6) is -0.210. The van der Waals surface area contributed by atoms with Crippen LogP contribution in [0.3, 0.4) is 0 Å². The fraction of sp³-hybridized carbons (Fsp3) is 0.500. The molecular formula is C16H22N2O3. The van der Waals surface area contributed by atoms with Gasteiger partial charge in [0.05, 0.1) is 12.5 Å². The van der Waals surface area contributed by atoms with Gasteiger partial charge < -0.3 is 15.6 Å². The minimum atomic E-state index is -0.546. The maximum atomic E-state index is 11.2. The highest BCUT2D eigenvalue weighted by Gasteiger charge is 2.26. The van der Waals surface area contributed by atoms with Crippen molar-refractivity contribution in [2.45, 2.75) is 50.7 Å². The number of carbonyl (C=O) groups excluding carboxylic acids is 1. The largest absolute Gasteiger partial charge is 0.462 e. The summed E-state index contributed by atoms with van der Waals surface area (Å²) in [6.45, 7) is 0. The van der Waals surface area contributed by atoms with Crippen LogP contribution < -0.4 is 5.73 Å². The Kier molecular flexibility index (Phi) is 5.33. The number of aryl methyl sites for hydroxylation is 1. The molecule has 21 heavy (non-hydrogen) atoms. The van der Waals surface area contributed by atoms with E-state index in [0.29, 0.717) is 6.42 Å². The van der Waals surface area contributed by atoms with Crippen molar-refractivity contribution in [2.75, 3.05) is 0 Å². The number of hydrogen-bond acceptors (Lipinski definition) is 4. The lowest BCUT2D eigenvalue weighted by Gasteiger charge is -2.25. The van der Waals surface area contributed by atoms with Crippen LogP contribution in [0.25, 0.3) is 0 Å². The molecule has 5 heteroatoms. The van der Waals surface area contributed by atoms with E-state index in [2.05, 4.69) is 0 Å². The van der Waals surface area contributed by atoms with Gasteiger partial charge in [-0.05, 0) is 31.2 Å².